The number of fused-ring (bicyclic) bond motifs is 1. The maximum absolute atomic E-state index is 13.0. The van der Waals surface area contributed by atoms with Crippen molar-refractivity contribution < 1.29 is 4.79 Å². The Kier molecular flexibility index (Phi) is 4.89. The van der Waals surface area contributed by atoms with Crippen LogP contribution in [0.4, 0.5) is 0 Å². The Balaban J connectivity index is 1.84. The highest BCUT2D eigenvalue weighted by atomic mass is 16.2. The first-order valence-corrected chi connectivity index (χ1v) is 8.38. The van der Waals surface area contributed by atoms with Crippen LogP contribution in [-0.2, 0) is 12.8 Å². The summed E-state index contributed by atoms with van der Waals surface area (Å²) in [6.07, 6.45) is 7.13. The van der Waals surface area contributed by atoms with Crippen LogP contribution in [0.1, 0.15) is 35.7 Å². The van der Waals surface area contributed by atoms with E-state index in [1.54, 1.807) is 12.4 Å². The third-order valence-electron chi connectivity index (χ3n) is 4.23. The molecule has 0 spiro atoms. The second kappa shape index (κ2) is 7.25. The molecule has 3 aromatic heterocycles. The van der Waals surface area contributed by atoms with Crippen molar-refractivity contribution in [1.82, 2.24) is 19.3 Å². The van der Waals surface area contributed by atoms with E-state index in [-0.39, 0.29) is 5.91 Å². The molecule has 0 bridgehead atoms. The molecule has 124 valence electrons. The summed E-state index contributed by atoms with van der Waals surface area (Å²) in [5.41, 5.74) is 2.60. The molecule has 0 radical (unpaired) electrons. The van der Waals surface area contributed by atoms with E-state index in [4.69, 9.17) is 0 Å². The predicted octanol–water partition coefficient (Wildman–Crippen LogP) is 3.00. The van der Waals surface area contributed by atoms with Crippen LogP contribution in [0.3, 0.4) is 0 Å². The number of hydrogen-bond donors (Lipinski definition) is 0. The second-order valence-corrected chi connectivity index (χ2v) is 5.68. The summed E-state index contributed by atoms with van der Waals surface area (Å²) >= 11 is 0. The van der Waals surface area contributed by atoms with Crippen LogP contribution in [0.5, 0.6) is 0 Å². The SMILES string of the molecule is CCc1nc(C(=O)N(CC)CCc2ccncc2)c2ccccn12. The summed E-state index contributed by atoms with van der Waals surface area (Å²) in [5.74, 6) is 0.911. The lowest BCUT2D eigenvalue weighted by atomic mass is 10.2. The van der Waals surface area contributed by atoms with Gasteiger partial charge < -0.3 is 9.30 Å². The molecule has 0 aliphatic rings. The second-order valence-electron chi connectivity index (χ2n) is 5.68. The molecule has 3 heterocycles. The highest BCUT2D eigenvalue weighted by Crippen LogP contribution is 2.16. The fourth-order valence-corrected chi connectivity index (χ4v) is 2.87. The summed E-state index contributed by atoms with van der Waals surface area (Å²) in [6, 6.07) is 9.83. The van der Waals surface area contributed by atoms with Gasteiger partial charge in [0.1, 0.15) is 5.82 Å². The molecule has 0 atom stereocenters. The van der Waals surface area contributed by atoms with Gasteiger partial charge >= 0.3 is 0 Å². The first kappa shape index (κ1) is 16.2. The predicted molar refractivity (Wildman–Crippen MR) is 94.1 cm³/mol. The molecule has 0 aliphatic carbocycles. The standard InChI is InChI=1S/C19H22N4O/c1-3-17-21-18(16-7-5-6-13-23(16)17)19(24)22(4-2)14-10-15-8-11-20-12-9-15/h5-9,11-13H,3-4,10,14H2,1-2H3. The molecular weight excluding hydrogens is 300 g/mol. The van der Waals surface area contributed by atoms with Gasteiger partial charge in [-0.1, -0.05) is 13.0 Å². The number of carbonyl (C=O) groups is 1. The highest BCUT2D eigenvalue weighted by Gasteiger charge is 2.21. The van der Waals surface area contributed by atoms with Gasteiger partial charge in [-0.3, -0.25) is 9.78 Å². The van der Waals surface area contributed by atoms with Crippen molar-refractivity contribution in [2.45, 2.75) is 26.7 Å². The third-order valence-corrected chi connectivity index (χ3v) is 4.23. The number of imidazole rings is 1. The van der Waals surface area contributed by atoms with Crippen LogP contribution in [0, 0.1) is 0 Å². The molecule has 0 saturated heterocycles. The normalized spacial score (nSPS) is 10.9. The number of amides is 1. The number of hydrogen-bond acceptors (Lipinski definition) is 3. The van der Waals surface area contributed by atoms with Crippen molar-refractivity contribution in [2.75, 3.05) is 13.1 Å². The topological polar surface area (TPSA) is 50.5 Å². The minimum atomic E-state index is -0.00467. The van der Waals surface area contributed by atoms with Crippen LogP contribution >= 0.6 is 0 Å². The van der Waals surface area contributed by atoms with Gasteiger partial charge in [0.15, 0.2) is 5.69 Å². The molecule has 0 N–H and O–H groups in total. The summed E-state index contributed by atoms with van der Waals surface area (Å²) < 4.78 is 2.00. The van der Waals surface area contributed by atoms with Crippen LogP contribution < -0.4 is 0 Å². The smallest absolute Gasteiger partial charge is 0.274 e. The molecule has 3 aromatic rings. The van der Waals surface area contributed by atoms with E-state index >= 15 is 0 Å². The highest BCUT2D eigenvalue weighted by molar-refractivity contribution is 5.99. The zero-order valence-electron chi connectivity index (χ0n) is 14.1. The Morgan fingerprint density at radius 1 is 1.17 bits per heavy atom. The molecule has 1 amide bonds. The van der Waals surface area contributed by atoms with E-state index in [1.165, 1.54) is 5.56 Å². The van der Waals surface area contributed by atoms with E-state index in [2.05, 4.69) is 16.9 Å². The summed E-state index contributed by atoms with van der Waals surface area (Å²) in [7, 11) is 0. The van der Waals surface area contributed by atoms with Crippen LogP contribution in [0.15, 0.2) is 48.9 Å². The average molecular weight is 322 g/mol. The van der Waals surface area contributed by atoms with Gasteiger partial charge in [0.2, 0.25) is 0 Å². The molecule has 5 heteroatoms. The zero-order valence-corrected chi connectivity index (χ0v) is 14.1. The molecule has 0 fully saturated rings. The van der Waals surface area contributed by atoms with Crippen molar-refractivity contribution in [1.29, 1.82) is 0 Å². The number of aromatic nitrogens is 3. The Morgan fingerprint density at radius 2 is 1.96 bits per heavy atom. The molecule has 24 heavy (non-hydrogen) atoms. The Bertz CT molecular complexity index is 826. The van der Waals surface area contributed by atoms with E-state index in [1.807, 2.05) is 52.8 Å². The molecule has 0 aliphatic heterocycles. The number of likely N-dealkylation sites (N-methyl/N-ethyl adjacent to an activating group) is 1. The zero-order chi connectivity index (χ0) is 16.9. The quantitative estimate of drug-likeness (QED) is 0.701. The first-order valence-electron chi connectivity index (χ1n) is 8.38. The maximum Gasteiger partial charge on any atom is 0.274 e. The minimum Gasteiger partial charge on any atom is -0.337 e. The number of nitrogens with zero attached hydrogens (tertiary/aromatic N) is 4. The Hall–Kier alpha value is -2.69. The van der Waals surface area contributed by atoms with Crippen molar-refractivity contribution >= 4 is 11.4 Å². The lowest BCUT2D eigenvalue weighted by Gasteiger charge is -2.20. The lowest BCUT2D eigenvalue weighted by molar-refractivity contribution is 0.0762. The molecule has 0 unspecified atom stereocenters. The van der Waals surface area contributed by atoms with E-state index in [0.717, 1.165) is 24.2 Å². The van der Waals surface area contributed by atoms with Crippen molar-refractivity contribution in [3.05, 3.63) is 66.0 Å². The Labute approximate surface area is 142 Å². The van der Waals surface area contributed by atoms with E-state index in [9.17, 15) is 4.79 Å². The van der Waals surface area contributed by atoms with Crippen molar-refractivity contribution in [3.63, 3.8) is 0 Å². The lowest BCUT2D eigenvalue weighted by Crippen LogP contribution is -2.33. The molecule has 3 rings (SSSR count). The van der Waals surface area contributed by atoms with Gasteiger partial charge in [-0.2, -0.15) is 0 Å². The van der Waals surface area contributed by atoms with Crippen LogP contribution in [0.25, 0.3) is 5.52 Å². The van der Waals surface area contributed by atoms with Crippen LogP contribution in [-0.4, -0.2) is 38.3 Å². The number of rotatable bonds is 6. The largest absolute Gasteiger partial charge is 0.337 e. The summed E-state index contributed by atoms with van der Waals surface area (Å²) in [4.78, 5) is 23.5. The van der Waals surface area contributed by atoms with Crippen molar-refractivity contribution in [2.24, 2.45) is 0 Å². The monoisotopic (exact) mass is 322 g/mol. The fourth-order valence-electron chi connectivity index (χ4n) is 2.87. The van der Waals surface area contributed by atoms with Gasteiger partial charge in [-0.15, -0.1) is 0 Å². The fraction of sp³-hybridized carbons (Fsp3) is 0.316. The minimum absolute atomic E-state index is 0.00467. The Morgan fingerprint density at radius 3 is 2.67 bits per heavy atom. The molecule has 0 saturated carbocycles. The van der Waals surface area contributed by atoms with Gasteiger partial charge in [0.05, 0.1) is 5.52 Å². The average Bonchev–Trinajstić information content (AvgIpc) is 3.02. The first-order chi connectivity index (χ1) is 11.7. The summed E-state index contributed by atoms with van der Waals surface area (Å²) in [6.45, 7) is 5.39. The number of carbonyl (C=O) groups excluding carboxylic acids is 1. The van der Waals surface area contributed by atoms with Crippen LogP contribution in [0.2, 0.25) is 0 Å². The van der Waals surface area contributed by atoms with E-state index in [0.29, 0.717) is 18.8 Å². The third kappa shape index (κ3) is 3.15. The van der Waals surface area contributed by atoms with Gasteiger partial charge in [-0.05, 0) is 43.2 Å². The molecular formula is C19H22N4O. The molecule has 0 aromatic carbocycles. The molecule has 5 nitrogen and oxygen atoms in total. The van der Waals surface area contributed by atoms with Gasteiger partial charge in [0, 0.05) is 38.1 Å². The van der Waals surface area contributed by atoms with E-state index < -0.39 is 0 Å². The van der Waals surface area contributed by atoms with Gasteiger partial charge in [-0.25, -0.2) is 4.98 Å². The van der Waals surface area contributed by atoms with Gasteiger partial charge in [0.25, 0.3) is 5.91 Å². The van der Waals surface area contributed by atoms with Crippen molar-refractivity contribution in [3.8, 4) is 0 Å². The summed E-state index contributed by atoms with van der Waals surface area (Å²) in [5, 5.41) is 0. The number of pyridine rings is 2. The maximum atomic E-state index is 13.0. The number of aryl methyl sites for hydroxylation is 1.